The molecule has 0 aliphatic rings. The Morgan fingerprint density at radius 1 is 1.56 bits per heavy atom. The minimum absolute atomic E-state index is 0.0940. The van der Waals surface area contributed by atoms with E-state index >= 15 is 0 Å². The summed E-state index contributed by atoms with van der Waals surface area (Å²) >= 11 is 4.32. The van der Waals surface area contributed by atoms with E-state index < -0.39 is 0 Å². The van der Waals surface area contributed by atoms with Crippen LogP contribution in [0.5, 0.6) is 0 Å². The first-order valence-corrected chi connectivity index (χ1v) is 6.45. The third kappa shape index (κ3) is 4.82. The largest absolute Gasteiger partial charge is 0.288 e. The molecule has 84 valence electrons. The van der Waals surface area contributed by atoms with Crippen LogP contribution < -0.4 is 0 Å². The smallest absolute Gasteiger partial charge is 0.185 e. The monoisotopic (exact) mass is 300 g/mol. The summed E-state index contributed by atoms with van der Waals surface area (Å²) in [7, 11) is 0. The van der Waals surface area contributed by atoms with Crippen LogP contribution in [0.2, 0.25) is 0 Å². The molecule has 0 aliphatic carbocycles. The first-order chi connectivity index (χ1) is 7.59. The summed E-state index contributed by atoms with van der Waals surface area (Å²) in [4.78, 5) is 10.6. The molecule has 0 aromatic heterocycles. The average Bonchev–Trinajstić information content (AvgIpc) is 2.22. The minimum Gasteiger partial charge on any atom is -0.288 e. The van der Waals surface area contributed by atoms with Crippen LogP contribution in [0, 0.1) is 17.7 Å². The average molecular weight is 301 g/mol. The molecule has 1 nitrogen and oxygen atoms in total. The number of hydrogen-bond acceptors (Lipinski definition) is 2. The van der Waals surface area contributed by atoms with Gasteiger partial charge in [0, 0.05) is 24.7 Å². The highest BCUT2D eigenvalue weighted by atomic mass is 79.9. The number of thioether (sulfide) groups is 1. The summed E-state index contributed by atoms with van der Waals surface area (Å²) in [6.45, 7) is 1.53. The van der Waals surface area contributed by atoms with E-state index in [0.29, 0.717) is 22.2 Å². The third-order valence-electron chi connectivity index (χ3n) is 1.68. The van der Waals surface area contributed by atoms with E-state index in [9.17, 15) is 9.18 Å². The molecule has 0 bridgehead atoms. The SMILES string of the molecule is CC(=O)SCCC#Cc1ccc(Br)c(F)c1. The van der Waals surface area contributed by atoms with Crippen molar-refractivity contribution < 1.29 is 9.18 Å². The minimum atomic E-state index is -0.315. The number of carbonyl (C=O) groups is 1. The summed E-state index contributed by atoms with van der Waals surface area (Å²) in [5.41, 5.74) is 0.647. The first-order valence-electron chi connectivity index (χ1n) is 4.67. The van der Waals surface area contributed by atoms with E-state index in [1.165, 1.54) is 24.8 Å². The van der Waals surface area contributed by atoms with Gasteiger partial charge in [-0.1, -0.05) is 23.6 Å². The molecule has 0 fully saturated rings. The molecule has 0 heterocycles. The van der Waals surface area contributed by atoms with Gasteiger partial charge in [0.15, 0.2) is 5.12 Å². The predicted octanol–water partition coefficient (Wildman–Crippen LogP) is 3.61. The lowest BCUT2D eigenvalue weighted by molar-refractivity contribution is -0.109. The Morgan fingerprint density at radius 2 is 2.31 bits per heavy atom. The van der Waals surface area contributed by atoms with Gasteiger partial charge in [-0.3, -0.25) is 4.79 Å². The summed E-state index contributed by atoms with van der Waals surface area (Å²) in [5, 5.41) is 0.0940. The van der Waals surface area contributed by atoms with E-state index in [-0.39, 0.29) is 10.9 Å². The predicted molar refractivity (Wildman–Crippen MR) is 68.7 cm³/mol. The van der Waals surface area contributed by atoms with Crippen LogP contribution >= 0.6 is 27.7 Å². The van der Waals surface area contributed by atoms with E-state index in [4.69, 9.17) is 0 Å². The van der Waals surface area contributed by atoms with Crippen molar-refractivity contribution in [3.63, 3.8) is 0 Å². The Balaban J connectivity index is 2.50. The van der Waals surface area contributed by atoms with Gasteiger partial charge in [-0.05, 0) is 34.1 Å². The molecular weight excluding hydrogens is 291 g/mol. The number of halogens is 2. The van der Waals surface area contributed by atoms with Crippen LogP contribution in [0.25, 0.3) is 0 Å². The molecule has 0 amide bonds. The molecule has 0 spiro atoms. The molecule has 1 aromatic rings. The van der Waals surface area contributed by atoms with Crippen molar-refractivity contribution in [1.29, 1.82) is 0 Å². The van der Waals surface area contributed by atoms with E-state index in [1.54, 1.807) is 12.1 Å². The molecular formula is C12H10BrFOS. The Bertz CT molecular complexity index is 448. The van der Waals surface area contributed by atoms with Gasteiger partial charge < -0.3 is 0 Å². The van der Waals surface area contributed by atoms with Crippen molar-refractivity contribution >= 4 is 32.8 Å². The quantitative estimate of drug-likeness (QED) is 0.613. The van der Waals surface area contributed by atoms with Crippen LogP contribution in [-0.4, -0.2) is 10.9 Å². The van der Waals surface area contributed by atoms with E-state index in [2.05, 4.69) is 27.8 Å². The lowest BCUT2D eigenvalue weighted by Gasteiger charge is -1.94. The lowest BCUT2D eigenvalue weighted by Crippen LogP contribution is -1.84. The second-order valence-electron chi connectivity index (χ2n) is 3.02. The molecule has 1 aromatic carbocycles. The van der Waals surface area contributed by atoms with Gasteiger partial charge in [-0.25, -0.2) is 4.39 Å². The van der Waals surface area contributed by atoms with E-state index in [0.717, 1.165) is 0 Å². The Hall–Kier alpha value is -0.790. The topological polar surface area (TPSA) is 17.1 Å². The molecule has 0 saturated carbocycles. The van der Waals surface area contributed by atoms with Crippen molar-refractivity contribution in [3.05, 3.63) is 34.1 Å². The normalized spacial score (nSPS) is 9.44. The van der Waals surface area contributed by atoms with Gasteiger partial charge in [0.2, 0.25) is 0 Å². The van der Waals surface area contributed by atoms with E-state index in [1.807, 2.05) is 0 Å². The fraction of sp³-hybridized carbons (Fsp3) is 0.250. The summed E-state index contributed by atoms with van der Waals surface area (Å²) in [6.07, 6.45) is 0.627. The fourth-order valence-electron chi connectivity index (χ4n) is 0.984. The highest BCUT2D eigenvalue weighted by Crippen LogP contribution is 2.15. The standard InChI is InChI=1S/C12H10BrFOS/c1-9(15)16-7-3-2-4-10-5-6-11(13)12(14)8-10/h5-6,8H,3,7H2,1H3. The zero-order valence-corrected chi connectivity index (χ0v) is 11.1. The number of rotatable bonds is 2. The Morgan fingerprint density at radius 3 is 2.94 bits per heavy atom. The van der Waals surface area contributed by atoms with Crippen LogP contribution in [0.3, 0.4) is 0 Å². The van der Waals surface area contributed by atoms with Gasteiger partial charge in [0.25, 0.3) is 0 Å². The molecule has 0 N–H and O–H groups in total. The maximum absolute atomic E-state index is 13.1. The molecule has 0 aliphatic heterocycles. The maximum atomic E-state index is 13.1. The molecule has 0 radical (unpaired) electrons. The number of carbonyl (C=O) groups excluding carboxylic acids is 1. The summed E-state index contributed by atoms with van der Waals surface area (Å²) < 4.78 is 13.5. The zero-order chi connectivity index (χ0) is 12.0. The molecule has 0 saturated heterocycles. The molecule has 1 rings (SSSR count). The van der Waals surface area contributed by atoms with Crippen LogP contribution in [-0.2, 0) is 4.79 Å². The van der Waals surface area contributed by atoms with Crippen molar-refractivity contribution in [2.24, 2.45) is 0 Å². The lowest BCUT2D eigenvalue weighted by atomic mass is 10.2. The van der Waals surface area contributed by atoms with Gasteiger partial charge in [0.1, 0.15) is 5.82 Å². The molecule has 0 unspecified atom stereocenters. The fourth-order valence-corrected chi connectivity index (χ4v) is 1.72. The molecule has 4 heteroatoms. The van der Waals surface area contributed by atoms with Crippen molar-refractivity contribution in [2.45, 2.75) is 13.3 Å². The molecule has 16 heavy (non-hydrogen) atoms. The van der Waals surface area contributed by atoms with Gasteiger partial charge >= 0.3 is 0 Å². The summed E-state index contributed by atoms with van der Waals surface area (Å²) in [5.74, 6) is 6.12. The second-order valence-corrected chi connectivity index (χ2v) is 5.15. The van der Waals surface area contributed by atoms with Crippen molar-refractivity contribution in [2.75, 3.05) is 5.75 Å². The third-order valence-corrected chi connectivity index (χ3v) is 3.14. The first kappa shape index (κ1) is 13.3. The van der Waals surface area contributed by atoms with Crippen LogP contribution in [0.4, 0.5) is 4.39 Å². The number of hydrogen-bond donors (Lipinski definition) is 0. The zero-order valence-electron chi connectivity index (χ0n) is 8.72. The maximum Gasteiger partial charge on any atom is 0.185 e. The summed E-state index contributed by atoms with van der Waals surface area (Å²) in [6, 6.07) is 4.76. The van der Waals surface area contributed by atoms with Crippen molar-refractivity contribution in [3.8, 4) is 11.8 Å². The Kier molecular flexibility index (Phi) is 5.58. The Labute approximate surface area is 107 Å². The van der Waals surface area contributed by atoms with Crippen LogP contribution in [0.1, 0.15) is 18.9 Å². The van der Waals surface area contributed by atoms with Gasteiger partial charge in [-0.15, -0.1) is 0 Å². The van der Waals surface area contributed by atoms with Gasteiger partial charge in [-0.2, -0.15) is 0 Å². The number of benzene rings is 1. The second kappa shape index (κ2) is 6.72. The molecule has 0 atom stereocenters. The van der Waals surface area contributed by atoms with Crippen molar-refractivity contribution in [1.82, 2.24) is 0 Å². The highest BCUT2D eigenvalue weighted by Gasteiger charge is 1.97. The van der Waals surface area contributed by atoms with Crippen LogP contribution in [0.15, 0.2) is 22.7 Å². The highest BCUT2D eigenvalue weighted by molar-refractivity contribution is 9.10. The van der Waals surface area contributed by atoms with Gasteiger partial charge in [0.05, 0.1) is 4.47 Å².